The fourth-order valence-corrected chi connectivity index (χ4v) is 3.03. The van der Waals surface area contributed by atoms with Crippen LogP contribution in [0.15, 0.2) is 85.2 Å². The lowest BCUT2D eigenvalue weighted by Crippen LogP contribution is -2.26. The van der Waals surface area contributed by atoms with Gasteiger partial charge >= 0.3 is 11.9 Å². The lowest BCUT2D eigenvalue weighted by Gasteiger charge is -2.17. The number of hydrogen-bond acceptors (Lipinski definition) is 8. The minimum atomic E-state index is -1.03. The molecule has 0 amide bonds. The summed E-state index contributed by atoms with van der Waals surface area (Å²) in [7, 11) is 0. The number of aromatic carboxylic acids is 2. The molecule has 0 bridgehead atoms. The van der Waals surface area contributed by atoms with Crippen molar-refractivity contribution in [3.05, 3.63) is 107 Å². The topological polar surface area (TPSA) is 185 Å². The van der Waals surface area contributed by atoms with Crippen molar-refractivity contribution in [1.29, 1.82) is 0 Å². The second kappa shape index (κ2) is 10.2. The van der Waals surface area contributed by atoms with Crippen LogP contribution in [0.2, 0.25) is 0 Å². The number of hydrogen-bond donors (Lipinski definition) is 6. The van der Waals surface area contributed by atoms with Crippen LogP contribution >= 0.6 is 0 Å². The number of benzene rings is 3. The van der Waals surface area contributed by atoms with E-state index in [0.717, 1.165) is 0 Å². The summed E-state index contributed by atoms with van der Waals surface area (Å²) in [6, 6.07) is 19.2. The first-order valence-electron chi connectivity index (χ1n) is 9.95. The van der Waals surface area contributed by atoms with Crippen LogP contribution in [0, 0.1) is 0 Å². The third kappa shape index (κ3) is 5.71. The number of rotatable bonds is 8. The van der Waals surface area contributed by atoms with Crippen molar-refractivity contribution in [2.24, 2.45) is 23.2 Å². The Morgan fingerprint density at radius 1 is 0.618 bits per heavy atom. The Morgan fingerprint density at radius 3 is 1.29 bits per heavy atom. The SMILES string of the molecule is N/C(=C\N(N)c1ccc(C(=O)O)cc1)c1cccc(/C(N)=C/N(N)c2ccc(C(=O)O)cc2)c1. The predicted octanol–water partition coefficient (Wildman–Crippen LogP) is 2.36. The molecule has 174 valence electrons. The molecule has 0 aromatic heterocycles. The van der Waals surface area contributed by atoms with Gasteiger partial charge in [0.1, 0.15) is 0 Å². The maximum Gasteiger partial charge on any atom is 0.335 e. The Hall–Kier alpha value is -4.80. The highest BCUT2D eigenvalue weighted by Crippen LogP contribution is 2.20. The summed E-state index contributed by atoms with van der Waals surface area (Å²) in [6.07, 6.45) is 3.02. The number of hydrazine groups is 2. The highest BCUT2D eigenvalue weighted by molar-refractivity contribution is 5.88. The molecule has 3 rings (SSSR count). The number of carbonyl (C=O) groups is 2. The van der Waals surface area contributed by atoms with Gasteiger partial charge in [0.15, 0.2) is 0 Å². The first kappa shape index (κ1) is 23.9. The number of carboxylic acids is 2. The lowest BCUT2D eigenvalue weighted by molar-refractivity contribution is 0.0686. The Labute approximate surface area is 195 Å². The molecule has 0 aliphatic rings. The van der Waals surface area contributed by atoms with E-state index in [1.54, 1.807) is 48.5 Å². The molecule has 3 aromatic carbocycles. The van der Waals surface area contributed by atoms with E-state index in [-0.39, 0.29) is 11.1 Å². The van der Waals surface area contributed by atoms with Gasteiger partial charge in [0.2, 0.25) is 0 Å². The minimum Gasteiger partial charge on any atom is -0.478 e. The van der Waals surface area contributed by atoms with Gasteiger partial charge < -0.3 is 21.7 Å². The zero-order valence-corrected chi connectivity index (χ0v) is 18.0. The van der Waals surface area contributed by atoms with Crippen LogP contribution in [0.4, 0.5) is 11.4 Å². The molecule has 10 heteroatoms. The van der Waals surface area contributed by atoms with Gasteiger partial charge in [-0.3, -0.25) is 10.0 Å². The van der Waals surface area contributed by atoms with Crippen LogP contribution in [0.5, 0.6) is 0 Å². The zero-order chi connectivity index (χ0) is 24.8. The molecule has 0 saturated heterocycles. The fraction of sp³-hybridized carbons (Fsp3) is 0. The Bertz CT molecular complexity index is 1160. The van der Waals surface area contributed by atoms with Crippen molar-refractivity contribution in [3.63, 3.8) is 0 Å². The smallest absolute Gasteiger partial charge is 0.335 e. The molecule has 0 aliphatic carbocycles. The van der Waals surface area contributed by atoms with Gasteiger partial charge in [-0.15, -0.1) is 0 Å². The molecule has 0 atom stereocenters. The maximum absolute atomic E-state index is 11.0. The van der Waals surface area contributed by atoms with E-state index in [4.69, 9.17) is 33.4 Å². The van der Waals surface area contributed by atoms with Crippen LogP contribution in [-0.2, 0) is 0 Å². The number of nitrogens with two attached hydrogens (primary N) is 4. The summed E-state index contributed by atoms with van der Waals surface area (Å²) in [4.78, 5) is 22.0. The normalized spacial score (nSPS) is 11.7. The molecular formula is C24H24N6O4. The molecule has 0 heterocycles. The van der Waals surface area contributed by atoms with Crippen LogP contribution in [-0.4, -0.2) is 22.2 Å². The van der Waals surface area contributed by atoms with E-state index in [9.17, 15) is 9.59 Å². The summed E-state index contributed by atoms with van der Waals surface area (Å²) in [5.41, 5.74) is 15.8. The second-order valence-corrected chi connectivity index (χ2v) is 7.27. The summed E-state index contributed by atoms with van der Waals surface area (Å²) >= 11 is 0. The highest BCUT2D eigenvalue weighted by atomic mass is 16.4. The van der Waals surface area contributed by atoms with Gasteiger partial charge in [-0.1, -0.05) is 18.2 Å². The van der Waals surface area contributed by atoms with E-state index in [1.807, 2.05) is 0 Å². The van der Waals surface area contributed by atoms with Crippen molar-refractivity contribution in [2.45, 2.75) is 0 Å². The van der Waals surface area contributed by atoms with Crippen molar-refractivity contribution >= 4 is 34.7 Å². The minimum absolute atomic E-state index is 0.149. The Kier molecular flexibility index (Phi) is 7.16. The van der Waals surface area contributed by atoms with Gasteiger partial charge in [-0.25, -0.2) is 21.3 Å². The summed E-state index contributed by atoms with van der Waals surface area (Å²) in [5.74, 6) is 10.0. The summed E-state index contributed by atoms with van der Waals surface area (Å²) in [5, 5.41) is 20.6. The van der Waals surface area contributed by atoms with E-state index >= 15 is 0 Å². The van der Waals surface area contributed by atoms with Gasteiger partial charge in [-0.2, -0.15) is 0 Å². The molecule has 0 saturated carbocycles. The molecular weight excluding hydrogens is 436 g/mol. The van der Waals surface area contributed by atoms with Crippen LogP contribution in [0.3, 0.4) is 0 Å². The fourth-order valence-electron chi connectivity index (χ4n) is 3.03. The standard InChI is InChI=1S/C24H24N6O4/c25-21(13-29(27)19-8-4-15(5-9-19)23(31)32)17-2-1-3-18(12-17)22(26)14-30(28)20-10-6-16(7-11-20)24(33)34/h1-14H,25-28H2,(H,31,32)(H,33,34)/b21-13-,22-14-. The molecule has 3 aromatic rings. The third-order valence-electron chi connectivity index (χ3n) is 4.91. The lowest BCUT2D eigenvalue weighted by atomic mass is 10.1. The van der Waals surface area contributed by atoms with Crippen molar-refractivity contribution in [2.75, 3.05) is 10.0 Å². The summed E-state index contributed by atoms with van der Waals surface area (Å²) < 4.78 is 0. The van der Waals surface area contributed by atoms with Crippen molar-refractivity contribution in [1.82, 2.24) is 0 Å². The first-order chi connectivity index (χ1) is 16.2. The van der Waals surface area contributed by atoms with E-state index in [1.165, 1.54) is 46.7 Å². The Morgan fingerprint density at radius 2 is 0.971 bits per heavy atom. The average molecular weight is 460 g/mol. The van der Waals surface area contributed by atoms with Crippen molar-refractivity contribution in [3.8, 4) is 0 Å². The molecule has 10 nitrogen and oxygen atoms in total. The van der Waals surface area contributed by atoms with E-state index < -0.39 is 11.9 Å². The van der Waals surface area contributed by atoms with Gasteiger partial charge in [0, 0.05) is 12.4 Å². The van der Waals surface area contributed by atoms with E-state index in [0.29, 0.717) is 33.9 Å². The van der Waals surface area contributed by atoms with E-state index in [2.05, 4.69) is 0 Å². The molecule has 34 heavy (non-hydrogen) atoms. The van der Waals surface area contributed by atoms with Crippen LogP contribution in [0.25, 0.3) is 11.4 Å². The summed E-state index contributed by atoms with van der Waals surface area (Å²) in [6.45, 7) is 0. The number of nitrogens with zero attached hydrogens (tertiary/aromatic N) is 2. The quantitative estimate of drug-likeness (QED) is 0.215. The van der Waals surface area contributed by atoms with Gasteiger partial charge in [0.05, 0.1) is 33.9 Å². The maximum atomic E-state index is 11.0. The monoisotopic (exact) mass is 460 g/mol. The predicted molar refractivity (Wildman–Crippen MR) is 131 cm³/mol. The van der Waals surface area contributed by atoms with Crippen molar-refractivity contribution < 1.29 is 19.8 Å². The van der Waals surface area contributed by atoms with Crippen LogP contribution in [0.1, 0.15) is 31.8 Å². The molecule has 0 unspecified atom stereocenters. The zero-order valence-electron chi connectivity index (χ0n) is 18.0. The molecule has 0 aliphatic heterocycles. The largest absolute Gasteiger partial charge is 0.478 e. The number of carboxylic acid groups (broad SMARTS) is 2. The molecule has 0 fully saturated rings. The first-order valence-corrected chi connectivity index (χ1v) is 9.95. The third-order valence-corrected chi connectivity index (χ3v) is 4.91. The Balaban J connectivity index is 1.78. The average Bonchev–Trinajstić information content (AvgIpc) is 2.84. The second-order valence-electron chi connectivity index (χ2n) is 7.27. The molecule has 0 radical (unpaired) electrons. The molecule has 10 N–H and O–H groups in total. The van der Waals surface area contributed by atoms with Crippen LogP contribution < -0.4 is 33.2 Å². The number of anilines is 2. The van der Waals surface area contributed by atoms with Gasteiger partial charge in [0.25, 0.3) is 0 Å². The van der Waals surface area contributed by atoms with Gasteiger partial charge in [-0.05, 0) is 65.7 Å². The highest BCUT2D eigenvalue weighted by Gasteiger charge is 2.08. The molecule has 0 spiro atoms.